The SMILES string of the molecule is CCC(C)N(CC)S(=O)(=O)c1cc([N+](=O)[O-])c(Cl)cc1C. The second kappa shape index (κ2) is 6.72. The van der Waals surface area contributed by atoms with E-state index in [9.17, 15) is 18.5 Å². The van der Waals surface area contributed by atoms with Gasteiger partial charge in [0.15, 0.2) is 0 Å². The molecule has 1 rings (SSSR count). The van der Waals surface area contributed by atoms with Crippen molar-refractivity contribution in [3.05, 3.63) is 32.8 Å². The van der Waals surface area contributed by atoms with E-state index in [-0.39, 0.29) is 16.0 Å². The molecule has 0 bridgehead atoms. The lowest BCUT2D eigenvalue weighted by molar-refractivity contribution is -0.384. The van der Waals surface area contributed by atoms with Crippen molar-refractivity contribution in [2.75, 3.05) is 6.54 Å². The van der Waals surface area contributed by atoms with Crippen LogP contribution in [0.4, 0.5) is 5.69 Å². The Morgan fingerprint density at radius 1 is 1.38 bits per heavy atom. The summed E-state index contributed by atoms with van der Waals surface area (Å²) < 4.78 is 26.8. The topological polar surface area (TPSA) is 80.5 Å². The zero-order valence-corrected chi connectivity index (χ0v) is 14.0. The van der Waals surface area contributed by atoms with Gasteiger partial charge in [0.25, 0.3) is 5.69 Å². The van der Waals surface area contributed by atoms with E-state index >= 15 is 0 Å². The smallest absolute Gasteiger partial charge is 0.258 e. The summed E-state index contributed by atoms with van der Waals surface area (Å²) >= 11 is 5.80. The Labute approximate surface area is 129 Å². The van der Waals surface area contributed by atoms with Gasteiger partial charge in [-0.2, -0.15) is 4.31 Å². The van der Waals surface area contributed by atoms with E-state index in [2.05, 4.69) is 0 Å². The number of benzene rings is 1. The van der Waals surface area contributed by atoms with Gasteiger partial charge in [-0.25, -0.2) is 8.42 Å². The van der Waals surface area contributed by atoms with Crippen LogP contribution in [0.15, 0.2) is 17.0 Å². The molecule has 0 heterocycles. The molecule has 0 aromatic heterocycles. The molecule has 0 radical (unpaired) electrons. The Morgan fingerprint density at radius 2 is 1.95 bits per heavy atom. The van der Waals surface area contributed by atoms with Gasteiger partial charge < -0.3 is 0 Å². The quantitative estimate of drug-likeness (QED) is 0.590. The summed E-state index contributed by atoms with van der Waals surface area (Å²) in [5.41, 5.74) is -0.00611. The standard InChI is InChI=1S/C13H19ClN2O4S/c1-5-10(4)15(6-2)21(19,20)13-8-12(16(17)18)11(14)7-9(13)3/h7-8,10H,5-6H2,1-4H3. The van der Waals surface area contributed by atoms with Gasteiger partial charge in [-0.05, 0) is 31.9 Å². The second-order valence-corrected chi connectivity index (χ2v) is 7.06. The largest absolute Gasteiger partial charge is 0.289 e. The molecule has 1 aromatic carbocycles. The van der Waals surface area contributed by atoms with Crippen molar-refractivity contribution in [3.63, 3.8) is 0 Å². The highest BCUT2D eigenvalue weighted by atomic mass is 35.5. The van der Waals surface area contributed by atoms with Gasteiger partial charge in [0.05, 0.1) is 9.82 Å². The highest BCUT2D eigenvalue weighted by Crippen LogP contribution is 2.32. The molecule has 21 heavy (non-hydrogen) atoms. The average molecular weight is 335 g/mol. The van der Waals surface area contributed by atoms with Gasteiger partial charge in [-0.1, -0.05) is 25.4 Å². The lowest BCUT2D eigenvalue weighted by atomic mass is 10.2. The molecule has 0 spiro atoms. The fraction of sp³-hybridized carbons (Fsp3) is 0.538. The zero-order valence-electron chi connectivity index (χ0n) is 12.5. The predicted octanol–water partition coefficient (Wildman–Crippen LogP) is 3.37. The van der Waals surface area contributed by atoms with Crippen molar-refractivity contribution in [2.45, 2.75) is 45.1 Å². The summed E-state index contributed by atoms with van der Waals surface area (Å²) in [5, 5.41) is 10.9. The van der Waals surface area contributed by atoms with E-state index in [1.807, 2.05) is 6.92 Å². The van der Waals surface area contributed by atoms with Gasteiger partial charge in [0.2, 0.25) is 10.0 Å². The van der Waals surface area contributed by atoms with Gasteiger partial charge in [-0.15, -0.1) is 0 Å². The molecule has 6 nitrogen and oxygen atoms in total. The average Bonchev–Trinajstić information content (AvgIpc) is 2.37. The van der Waals surface area contributed by atoms with Crippen LogP contribution < -0.4 is 0 Å². The van der Waals surface area contributed by atoms with Crippen LogP contribution in [0.3, 0.4) is 0 Å². The summed E-state index contributed by atoms with van der Waals surface area (Å²) in [6.07, 6.45) is 0.655. The van der Waals surface area contributed by atoms with E-state index in [1.54, 1.807) is 20.8 Å². The van der Waals surface area contributed by atoms with Crippen molar-refractivity contribution in [1.29, 1.82) is 0 Å². The Balaban J connectivity index is 3.50. The van der Waals surface area contributed by atoms with Crippen LogP contribution in [0, 0.1) is 17.0 Å². The minimum Gasteiger partial charge on any atom is -0.258 e. The molecule has 1 atom stereocenters. The first kappa shape index (κ1) is 17.9. The monoisotopic (exact) mass is 334 g/mol. The molecule has 0 saturated carbocycles. The van der Waals surface area contributed by atoms with E-state index in [1.165, 1.54) is 10.4 Å². The maximum absolute atomic E-state index is 12.7. The van der Waals surface area contributed by atoms with Crippen LogP contribution in [0.5, 0.6) is 0 Å². The number of sulfonamides is 1. The predicted molar refractivity (Wildman–Crippen MR) is 82.2 cm³/mol. The maximum atomic E-state index is 12.7. The molecule has 0 amide bonds. The molecular weight excluding hydrogens is 316 g/mol. The Morgan fingerprint density at radius 3 is 2.38 bits per heavy atom. The lowest BCUT2D eigenvalue weighted by Crippen LogP contribution is -2.38. The van der Waals surface area contributed by atoms with Crippen LogP contribution in [-0.4, -0.2) is 30.2 Å². The number of rotatable bonds is 6. The van der Waals surface area contributed by atoms with Gasteiger partial charge >= 0.3 is 0 Å². The minimum absolute atomic E-state index is 0.0666. The number of hydrogen-bond acceptors (Lipinski definition) is 4. The Kier molecular flexibility index (Phi) is 5.72. The normalized spacial score (nSPS) is 13.4. The van der Waals surface area contributed by atoms with Crippen molar-refractivity contribution in [1.82, 2.24) is 4.31 Å². The molecule has 0 aliphatic carbocycles. The summed E-state index contributed by atoms with van der Waals surface area (Å²) in [4.78, 5) is 10.2. The van der Waals surface area contributed by atoms with Crippen LogP contribution >= 0.6 is 11.6 Å². The third-order valence-corrected chi connectivity index (χ3v) is 5.96. The molecule has 0 aliphatic heterocycles. The van der Waals surface area contributed by atoms with Crippen molar-refractivity contribution >= 4 is 27.3 Å². The van der Waals surface area contributed by atoms with Gasteiger partial charge in [0.1, 0.15) is 5.02 Å². The molecule has 1 aromatic rings. The zero-order chi connectivity index (χ0) is 16.4. The maximum Gasteiger partial charge on any atom is 0.289 e. The van der Waals surface area contributed by atoms with Crippen molar-refractivity contribution in [2.24, 2.45) is 0 Å². The van der Waals surface area contributed by atoms with Crippen LogP contribution in [0.2, 0.25) is 5.02 Å². The first-order valence-corrected chi connectivity index (χ1v) is 8.44. The molecule has 8 heteroatoms. The van der Waals surface area contributed by atoms with Crippen LogP contribution in [0.1, 0.15) is 32.8 Å². The summed E-state index contributed by atoms with van der Waals surface area (Å²) in [6, 6.07) is 2.17. The van der Waals surface area contributed by atoms with Gasteiger partial charge in [0, 0.05) is 18.7 Å². The Hall–Kier alpha value is -1.18. The molecule has 118 valence electrons. The number of hydrogen-bond donors (Lipinski definition) is 0. The summed E-state index contributed by atoms with van der Waals surface area (Å²) in [5.74, 6) is 0. The van der Waals surface area contributed by atoms with Crippen molar-refractivity contribution in [3.8, 4) is 0 Å². The molecule has 0 aliphatic rings. The number of nitro groups is 1. The number of aryl methyl sites for hydroxylation is 1. The van der Waals surface area contributed by atoms with Crippen LogP contribution in [0.25, 0.3) is 0 Å². The third kappa shape index (κ3) is 3.53. The second-order valence-electron chi connectivity index (χ2n) is 4.79. The first-order valence-electron chi connectivity index (χ1n) is 6.63. The Bertz CT molecular complexity index is 646. The third-order valence-electron chi connectivity index (χ3n) is 3.42. The number of nitrogens with zero attached hydrogens (tertiary/aromatic N) is 2. The highest BCUT2D eigenvalue weighted by Gasteiger charge is 2.30. The molecule has 0 saturated heterocycles. The molecule has 0 N–H and O–H groups in total. The summed E-state index contributed by atoms with van der Waals surface area (Å²) in [6.45, 7) is 7.31. The van der Waals surface area contributed by atoms with Crippen molar-refractivity contribution < 1.29 is 13.3 Å². The van der Waals surface area contributed by atoms with Crippen LogP contribution in [-0.2, 0) is 10.0 Å². The molecule has 1 unspecified atom stereocenters. The van der Waals surface area contributed by atoms with Gasteiger partial charge in [-0.3, -0.25) is 10.1 Å². The molecular formula is C13H19ClN2O4S. The lowest BCUT2D eigenvalue weighted by Gasteiger charge is -2.27. The van der Waals surface area contributed by atoms with E-state index < -0.39 is 20.6 Å². The molecule has 0 fully saturated rings. The number of nitro benzene ring substituents is 1. The fourth-order valence-corrected chi connectivity index (χ4v) is 4.34. The van der Waals surface area contributed by atoms with E-state index in [0.29, 0.717) is 18.5 Å². The first-order chi connectivity index (χ1) is 9.66. The summed E-state index contributed by atoms with van der Waals surface area (Å²) in [7, 11) is -3.80. The number of halogens is 1. The minimum atomic E-state index is -3.80. The van der Waals surface area contributed by atoms with E-state index in [4.69, 9.17) is 11.6 Å². The fourth-order valence-electron chi connectivity index (χ4n) is 2.11. The highest BCUT2D eigenvalue weighted by molar-refractivity contribution is 7.89. The van der Waals surface area contributed by atoms with E-state index in [0.717, 1.165) is 6.07 Å².